The van der Waals surface area contributed by atoms with E-state index in [9.17, 15) is 26.1 Å². The van der Waals surface area contributed by atoms with Crippen LogP contribution in [0.5, 0.6) is 0 Å². The van der Waals surface area contributed by atoms with Crippen LogP contribution in [0.2, 0.25) is 0 Å². The number of aryl methyl sites for hydroxylation is 2. The quantitative estimate of drug-likeness (QED) is 0.0326. The number of aromatic nitrogens is 2. The molecule has 276 valence electrons. The molecule has 0 radical (unpaired) electrons. The summed E-state index contributed by atoms with van der Waals surface area (Å²) in [6.45, 7) is 6.20. The summed E-state index contributed by atoms with van der Waals surface area (Å²) in [6.07, 6.45) is 4.06. The summed E-state index contributed by atoms with van der Waals surface area (Å²) in [4.78, 5) is 3.86. The normalized spacial score (nSPS) is 10.3. The summed E-state index contributed by atoms with van der Waals surface area (Å²) in [7, 11) is -0.823. The number of hydrogen-bond donors (Lipinski definition) is 0. The number of rotatable bonds is 15. The number of imidazole rings is 1. The van der Waals surface area contributed by atoms with Crippen molar-refractivity contribution >= 4 is 36.0 Å². The summed E-state index contributed by atoms with van der Waals surface area (Å²) in [5.74, 6) is -0.649. The molecule has 0 saturated heterocycles. The Morgan fingerprint density at radius 3 is 1.66 bits per heavy atom. The number of aliphatic imine (C=N–C) groups is 1. The molecule has 0 amide bonds. The molecule has 3 aromatic carbocycles. The predicted molar refractivity (Wildman–Crippen MR) is 188 cm³/mol. The number of halogens is 7. The zero-order valence-corrected chi connectivity index (χ0v) is 29.7. The van der Waals surface area contributed by atoms with Gasteiger partial charge < -0.3 is 14.2 Å². The third kappa shape index (κ3) is 20.8. The number of fused-ring (bicyclic) bond motifs is 1. The van der Waals surface area contributed by atoms with Gasteiger partial charge in [0.2, 0.25) is 0 Å². The smallest absolute Gasteiger partial charge is 0.762 e. The van der Waals surface area contributed by atoms with Crippen molar-refractivity contribution in [2.24, 2.45) is 19.1 Å². The van der Waals surface area contributed by atoms with Crippen molar-refractivity contribution in [1.82, 2.24) is 4.57 Å². The van der Waals surface area contributed by atoms with E-state index in [2.05, 4.69) is 65.7 Å². The molecule has 1 heterocycles. The maximum atomic E-state index is 12.7. The standard InChI is InChI=1S/C13H17NOS.C13H20O.C10H10F3N2.BF3.FH/c16-12-14-9-5-2-6-10-15-11-13-7-3-1-4-8-13;1-2-3-4-8-11-14-12-13-9-6-5-7-10-13;1-14-7-5-3-4-6-8(7)15(2)9(14)10(11,12)13;2-1(3)4;/h1,3-4,7-8H,2,5-6,9-11H2;5-7,9-10H,2-4,8,11-12H2,1H3;3-6H,1-2H3;;1H/q;;+1;;/p-1. The highest BCUT2D eigenvalue weighted by Crippen LogP contribution is 2.29. The highest BCUT2D eigenvalue weighted by molar-refractivity contribution is 7.78. The molecular weight excluding hydrogens is 682 g/mol. The molecule has 0 saturated carbocycles. The summed E-state index contributed by atoms with van der Waals surface area (Å²) in [5.41, 5.74) is 3.65. The number of unbranched alkanes of at least 4 members (excludes halogenated alkanes) is 5. The second kappa shape index (κ2) is 28.2. The predicted octanol–water partition coefficient (Wildman–Crippen LogP) is 7.17. The summed E-state index contributed by atoms with van der Waals surface area (Å²) in [5, 5.41) is 2.37. The van der Waals surface area contributed by atoms with E-state index in [0.717, 1.165) is 54.8 Å². The van der Waals surface area contributed by atoms with Crippen molar-refractivity contribution in [3.8, 4) is 0 Å². The molecule has 14 heteroatoms. The third-order valence-electron chi connectivity index (χ3n) is 6.98. The molecule has 0 spiro atoms. The molecule has 4 aromatic rings. The van der Waals surface area contributed by atoms with Crippen molar-refractivity contribution in [1.29, 1.82) is 0 Å². The number of benzene rings is 3. The molecular formula is C36H47BF7N3O2S. The Hall–Kier alpha value is -3.58. The maximum Gasteiger partial charge on any atom is 0.762 e. The molecule has 0 aliphatic rings. The Morgan fingerprint density at radius 1 is 0.760 bits per heavy atom. The first-order chi connectivity index (χ1) is 23.5. The first-order valence-electron chi connectivity index (χ1n) is 16.2. The maximum absolute atomic E-state index is 12.7. The van der Waals surface area contributed by atoms with E-state index in [-0.39, 0.29) is 4.70 Å². The SMILES string of the molecule is CCCCCCOCc1ccccc1.Cn1c(C(F)(F)F)[n+](C)c2ccccc21.FB(F)F.S=C=NCCCCCOCc1ccccc1.[F-]. The first-order valence-corrected chi connectivity index (χ1v) is 16.6. The van der Waals surface area contributed by atoms with Gasteiger partial charge in [-0.25, -0.2) is 14.1 Å². The van der Waals surface area contributed by atoms with Gasteiger partial charge in [-0.2, -0.15) is 13.2 Å². The fraction of sp³-hybridized carbons (Fsp3) is 0.444. The Morgan fingerprint density at radius 2 is 1.22 bits per heavy atom. The second-order valence-electron chi connectivity index (χ2n) is 10.8. The molecule has 0 bridgehead atoms. The van der Waals surface area contributed by atoms with Crippen LogP contribution in [-0.2, 0) is 43.0 Å². The summed E-state index contributed by atoms with van der Waals surface area (Å²) >= 11 is 4.48. The monoisotopic (exact) mass is 729 g/mol. The van der Waals surface area contributed by atoms with E-state index >= 15 is 0 Å². The van der Waals surface area contributed by atoms with Crippen LogP contribution >= 0.6 is 12.2 Å². The van der Waals surface area contributed by atoms with Gasteiger partial charge in [0.1, 0.15) is 0 Å². The molecule has 0 fully saturated rings. The van der Waals surface area contributed by atoms with Crippen molar-refractivity contribution in [2.45, 2.75) is 71.3 Å². The molecule has 1 aromatic heterocycles. The lowest BCUT2D eigenvalue weighted by atomic mass is 10.2. The van der Waals surface area contributed by atoms with Gasteiger partial charge in [0.15, 0.2) is 11.0 Å². The van der Waals surface area contributed by atoms with Crippen LogP contribution in [0.15, 0.2) is 89.9 Å². The average molecular weight is 730 g/mol. The minimum Gasteiger partial charge on any atom is -1.00 e. The van der Waals surface area contributed by atoms with Crippen LogP contribution in [0.3, 0.4) is 0 Å². The van der Waals surface area contributed by atoms with Crippen LogP contribution in [-0.4, -0.2) is 37.0 Å². The van der Waals surface area contributed by atoms with Crippen molar-refractivity contribution in [3.63, 3.8) is 0 Å². The molecule has 5 nitrogen and oxygen atoms in total. The van der Waals surface area contributed by atoms with Gasteiger partial charge in [0.05, 0.1) is 32.5 Å². The van der Waals surface area contributed by atoms with Gasteiger partial charge in [-0.3, -0.25) is 12.9 Å². The van der Waals surface area contributed by atoms with Crippen molar-refractivity contribution in [2.75, 3.05) is 19.8 Å². The number of hydrogen-bond acceptors (Lipinski definition) is 4. The van der Waals surface area contributed by atoms with E-state index in [0.29, 0.717) is 17.6 Å². The number of isothiocyanates is 1. The minimum atomic E-state index is -4.33. The topological polar surface area (TPSA) is 39.6 Å². The highest BCUT2D eigenvalue weighted by atomic mass is 32.1. The molecule has 50 heavy (non-hydrogen) atoms. The van der Waals surface area contributed by atoms with Crippen LogP contribution < -0.4 is 9.27 Å². The Bertz CT molecular complexity index is 1420. The third-order valence-corrected chi connectivity index (χ3v) is 7.11. The van der Waals surface area contributed by atoms with E-state index in [1.54, 1.807) is 24.3 Å². The number of alkyl halides is 3. The van der Waals surface area contributed by atoms with Gasteiger partial charge in [-0.1, -0.05) is 99.0 Å². The second-order valence-corrected chi connectivity index (χ2v) is 11.0. The first kappa shape index (κ1) is 46.4. The van der Waals surface area contributed by atoms with Gasteiger partial charge in [-0.05, 0) is 61.2 Å². The van der Waals surface area contributed by atoms with Crippen LogP contribution in [0.1, 0.15) is 68.8 Å². The van der Waals surface area contributed by atoms with E-state index in [1.807, 2.05) is 24.3 Å². The molecule has 0 atom stereocenters. The lowest BCUT2D eigenvalue weighted by Gasteiger charge is -2.03. The van der Waals surface area contributed by atoms with Gasteiger partial charge >= 0.3 is 19.5 Å². The van der Waals surface area contributed by atoms with Crippen LogP contribution in [0, 0.1) is 0 Å². The summed E-state index contributed by atoms with van der Waals surface area (Å²) in [6, 6.07) is 27.4. The van der Waals surface area contributed by atoms with Gasteiger partial charge in [0.25, 0.3) is 0 Å². The molecule has 0 unspecified atom stereocenters. The number of nitrogens with zero attached hydrogens (tertiary/aromatic N) is 3. The Kier molecular flexibility index (Phi) is 26.1. The average Bonchev–Trinajstić information content (AvgIpc) is 3.35. The Labute approximate surface area is 296 Å². The number of para-hydroxylation sites is 2. The minimum absolute atomic E-state index is 0. The van der Waals surface area contributed by atoms with Crippen LogP contribution in [0.25, 0.3) is 11.0 Å². The lowest BCUT2D eigenvalue weighted by molar-refractivity contribution is -0.667. The zero-order chi connectivity index (χ0) is 36.3. The summed E-state index contributed by atoms with van der Waals surface area (Å²) < 4.78 is 80.6. The molecule has 0 aliphatic carbocycles. The fourth-order valence-electron chi connectivity index (χ4n) is 4.64. The van der Waals surface area contributed by atoms with E-state index in [1.165, 1.54) is 50.9 Å². The zero-order valence-electron chi connectivity index (χ0n) is 28.9. The lowest BCUT2D eigenvalue weighted by Crippen LogP contribution is -3.00. The largest absolute Gasteiger partial charge is 1.00 e. The van der Waals surface area contributed by atoms with Crippen molar-refractivity contribution < 1.29 is 44.9 Å². The fourth-order valence-corrected chi connectivity index (χ4v) is 4.73. The highest BCUT2D eigenvalue weighted by Gasteiger charge is 2.45. The van der Waals surface area contributed by atoms with Gasteiger partial charge in [0, 0.05) is 19.8 Å². The molecule has 0 N–H and O–H groups in total. The van der Waals surface area contributed by atoms with Crippen LogP contribution in [0.4, 0.5) is 26.1 Å². The van der Waals surface area contributed by atoms with E-state index < -0.39 is 19.5 Å². The van der Waals surface area contributed by atoms with Gasteiger partial charge in [-0.15, -0.1) is 0 Å². The molecule has 0 aliphatic heterocycles. The van der Waals surface area contributed by atoms with E-state index in [4.69, 9.17) is 9.47 Å². The van der Waals surface area contributed by atoms with Crippen molar-refractivity contribution in [3.05, 3.63) is 102 Å². The number of thiocarbonyl (C=S) groups is 1. The number of ether oxygens (including phenoxy) is 2. The Balaban J connectivity index is 0.000000677. The molecule has 4 rings (SSSR count).